The van der Waals surface area contributed by atoms with Crippen LogP contribution < -0.4 is 5.32 Å². The van der Waals surface area contributed by atoms with Crippen LogP contribution in [0.25, 0.3) is 11.4 Å². The first-order chi connectivity index (χ1) is 11.6. The number of carbonyl (C=O) groups is 1. The number of benzene rings is 2. The third kappa shape index (κ3) is 3.81. The number of nitrogens with zero attached hydrogens (tertiary/aromatic N) is 4. The minimum absolute atomic E-state index is 0.0519. The Kier molecular flexibility index (Phi) is 4.60. The molecule has 0 saturated heterocycles. The molecular formula is C17H16FN5O. The van der Waals surface area contributed by atoms with E-state index < -0.39 is 0 Å². The number of aryl methyl sites for hydroxylation is 1. The number of anilines is 1. The third-order valence-corrected chi connectivity index (χ3v) is 3.49. The van der Waals surface area contributed by atoms with Crippen LogP contribution in [0.15, 0.2) is 48.5 Å². The number of halogens is 1. The predicted octanol–water partition coefficient (Wildman–Crippen LogP) is 2.68. The first-order valence-corrected chi connectivity index (χ1v) is 7.56. The molecule has 0 aliphatic heterocycles. The molecule has 24 heavy (non-hydrogen) atoms. The Morgan fingerprint density at radius 1 is 1.12 bits per heavy atom. The van der Waals surface area contributed by atoms with E-state index in [2.05, 4.69) is 27.7 Å². The van der Waals surface area contributed by atoms with Gasteiger partial charge in [0.2, 0.25) is 11.7 Å². The van der Waals surface area contributed by atoms with Crippen LogP contribution in [0.1, 0.15) is 12.5 Å². The molecule has 0 atom stereocenters. The van der Waals surface area contributed by atoms with Gasteiger partial charge in [0.25, 0.3) is 0 Å². The van der Waals surface area contributed by atoms with Crippen LogP contribution in [0.5, 0.6) is 0 Å². The lowest BCUT2D eigenvalue weighted by Crippen LogP contribution is -2.20. The molecule has 0 spiro atoms. The highest BCUT2D eigenvalue weighted by molar-refractivity contribution is 5.90. The average Bonchev–Trinajstić information content (AvgIpc) is 3.04. The average molecular weight is 325 g/mol. The Morgan fingerprint density at radius 2 is 1.83 bits per heavy atom. The zero-order chi connectivity index (χ0) is 16.9. The van der Waals surface area contributed by atoms with Gasteiger partial charge in [0.1, 0.15) is 12.4 Å². The SMILES string of the molecule is CCc1ccc(NC(=O)Cn2nnc(-c3ccc(F)cc3)n2)cc1. The molecule has 1 heterocycles. The van der Waals surface area contributed by atoms with Crippen molar-refractivity contribution in [2.24, 2.45) is 0 Å². The van der Waals surface area contributed by atoms with Gasteiger partial charge in [-0.2, -0.15) is 4.80 Å². The molecule has 0 bridgehead atoms. The van der Waals surface area contributed by atoms with E-state index in [1.54, 1.807) is 12.1 Å². The maximum Gasteiger partial charge on any atom is 0.248 e. The van der Waals surface area contributed by atoms with Crippen LogP contribution in [0.4, 0.5) is 10.1 Å². The predicted molar refractivity (Wildman–Crippen MR) is 87.7 cm³/mol. The summed E-state index contributed by atoms with van der Waals surface area (Å²) in [6.45, 7) is 2.02. The molecule has 1 aromatic heterocycles. The summed E-state index contributed by atoms with van der Waals surface area (Å²) < 4.78 is 12.9. The van der Waals surface area contributed by atoms with Crippen molar-refractivity contribution in [2.75, 3.05) is 5.32 Å². The summed E-state index contributed by atoms with van der Waals surface area (Å²) in [5.41, 5.74) is 2.56. The second-order valence-corrected chi connectivity index (χ2v) is 5.25. The van der Waals surface area contributed by atoms with Crippen molar-refractivity contribution in [1.29, 1.82) is 0 Å². The number of aromatic nitrogens is 4. The van der Waals surface area contributed by atoms with Crippen LogP contribution >= 0.6 is 0 Å². The zero-order valence-electron chi connectivity index (χ0n) is 13.1. The van der Waals surface area contributed by atoms with E-state index in [0.29, 0.717) is 11.4 Å². The molecule has 0 saturated carbocycles. The molecule has 0 radical (unpaired) electrons. The van der Waals surface area contributed by atoms with Crippen LogP contribution in [-0.4, -0.2) is 26.1 Å². The van der Waals surface area contributed by atoms with Gasteiger partial charge in [-0.3, -0.25) is 4.79 Å². The largest absolute Gasteiger partial charge is 0.324 e. The standard InChI is InChI=1S/C17H16FN5O/c1-2-12-3-9-15(10-4-12)19-16(24)11-23-21-17(20-22-23)13-5-7-14(18)8-6-13/h3-10H,2,11H2,1H3,(H,19,24). The lowest BCUT2D eigenvalue weighted by atomic mass is 10.1. The summed E-state index contributed by atoms with van der Waals surface area (Å²) in [4.78, 5) is 13.2. The van der Waals surface area contributed by atoms with E-state index >= 15 is 0 Å². The van der Waals surface area contributed by atoms with Crippen molar-refractivity contribution in [3.05, 3.63) is 59.9 Å². The fourth-order valence-corrected chi connectivity index (χ4v) is 2.18. The van der Waals surface area contributed by atoms with Gasteiger partial charge >= 0.3 is 0 Å². The highest BCUT2D eigenvalue weighted by Crippen LogP contribution is 2.14. The molecule has 3 rings (SSSR count). The summed E-state index contributed by atoms with van der Waals surface area (Å²) in [5, 5.41) is 14.6. The Hall–Kier alpha value is -3.09. The van der Waals surface area contributed by atoms with Crippen LogP contribution in [0.3, 0.4) is 0 Å². The number of nitrogens with one attached hydrogen (secondary N) is 1. The second-order valence-electron chi connectivity index (χ2n) is 5.25. The van der Waals surface area contributed by atoms with Crippen LogP contribution in [0.2, 0.25) is 0 Å². The van der Waals surface area contributed by atoms with E-state index in [9.17, 15) is 9.18 Å². The molecule has 122 valence electrons. The van der Waals surface area contributed by atoms with Crippen LogP contribution in [0, 0.1) is 5.82 Å². The number of hydrogen-bond donors (Lipinski definition) is 1. The summed E-state index contributed by atoms with van der Waals surface area (Å²) in [6, 6.07) is 13.4. The second kappa shape index (κ2) is 6.99. The first-order valence-electron chi connectivity index (χ1n) is 7.56. The van der Waals surface area contributed by atoms with Gasteiger partial charge in [0.05, 0.1) is 0 Å². The van der Waals surface area contributed by atoms with Gasteiger partial charge in [-0.05, 0) is 53.6 Å². The van der Waals surface area contributed by atoms with E-state index in [1.807, 2.05) is 24.3 Å². The van der Waals surface area contributed by atoms with E-state index in [-0.39, 0.29) is 18.3 Å². The van der Waals surface area contributed by atoms with Crippen molar-refractivity contribution < 1.29 is 9.18 Å². The maximum absolute atomic E-state index is 12.9. The monoisotopic (exact) mass is 325 g/mol. The summed E-state index contributed by atoms with van der Waals surface area (Å²) >= 11 is 0. The molecule has 1 N–H and O–H groups in total. The van der Waals surface area contributed by atoms with Crippen molar-refractivity contribution in [2.45, 2.75) is 19.9 Å². The quantitative estimate of drug-likeness (QED) is 0.783. The van der Waals surface area contributed by atoms with Gasteiger partial charge in [-0.25, -0.2) is 4.39 Å². The molecule has 3 aromatic rings. The Morgan fingerprint density at radius 3 is 2.50 bits per heavy atom. The first kappa shape index (κ1) is 15.8. The fraction of sp³-hybridized carbons (Fsp3) is 0.176. The highest BCUT2D eigenvalue weighted by atomic mass is 19.1. The van der Waals surface area contributed by atoms with Crippen molar-refractivity contribution >= 4 is 11.6 Å². The number of rotatable bonds is 5. The maximum atomic E-state index is 12.9. The topological polar surface area (TPSA) is 72.7 Å². The molecule has 0 aliphatic carbocycles. The van der Waals surface area contributed by atoms with E-state index in [0.717, 1.165) is 12.1 Å². The van der Waals surface area contributed by atoms with Gasteiger partial charge in [0, 0.05) is 11.3 Å². The molecule has 0 aliphatic rings. The number of tetrazole rings is 1. The summed E-state index contributed by atoms with van der Waals surface area (Å²) in [6.07, 6.45) is 0.948. The molecule has 0 fully saturated rings. The molecular weight excluding hydrogens is 309 g/mol. The van der Waals surface area contributed by atoms with E-state index in [4.69, 9.17) is 0 Å². The molecule has 0 unspecified atom stereocenters. The third-order valence-electron chi connectivity index (χ3n) is 3.49. The van der Waals surface area contributed by atoms with Gasteiger partial charge < -0.3 is 5.32 Å². The van der Waals surface area contributed by atoms with Gasteiger partial charge in [-0.1, -0.05) is 19.1 Å². The Labute approximate surface area is 138 Å². The molecule has 6 nitrogen and oxygen atoms in total. The number of amides is 1. The Bertz CT molecular complexity index is 827. The van der Waals surface area contributed by atoms with Crippen molar-refractivity contribution in [3.63, 3.8) is 0 Å². The molecule has 7 heteroatoms. The van der Waals surface area contributed by atoms with Crippen molar-refractivity contribution in [1.82, 2.24) is 20.2 Å². The lowest BCUT2D eigenvalue weighted by molar-refractivity contribution is -0.117. The normalized spacial score (nSPS) is 10.6. The van der Waals surface area contributed by atoms with Gasteiger partial charge in [-0.15, -0.1) is 10.2 Å². The van der Waals surface area contributed by atoms with Crippen LogP contribution in [-0.2, 0) is 17.8 Å². The Balaban J connectivity index is 1.63. The summed E-state index contributed by atoms with van der Waals surface area (Å²) in [7, 11) is 0. The summed E-state index contributed by atoms with van der Waals surface area (Å²) in [5.74, 6) is -0.239. The molecule has 2 aromatic carbocycles. The fourth-order valence-electron chi connectivity index (χ4n) is 2.18. The zero-order valence-corrected chi connectivity index (χ0v) is 13.1. The minimum atomic E-state index is -0.334. The highest BCUT2D eigenvalue weighted by Gasteiger charge is 2.09. The molecule has 1 amide bonds. The minimum Gasteiger partial charge on any atom is -0.324 e. The lowest BCUT2D eigenvalue weighted by Gasteiger charge is -2.05. The smallest absolute Gasteiger partial charge is 0.248 e. The van der Waals surface area contributed by atoms with Crippen molar-refractivity contribution in [3.8, 4) is 11.4 Å². The number of carbonyl (C=O) groups excluding carboxylic acids is 1. The van der Waals surface area contributed by atoms with Gasteiger partial charge in [0.15, 0.2) is 0 Å². The number of hydrogen-bond acceptors (Lipinski definition) is 4. The van der Waals surface area contributed by atoms with E-state index in [1.165, 1.54) is 22.5 Å².